The summed E-state index contributed by atoms with van der Waals surface area (Å²) in [6.07, 6.45) is 1.71. The van der Waals surface area contributed by atoms with E-state index in [4.69, 9.17) is 0 Å². The number of hydrogen-bond acceptors (Lipinski definition) is 4. The Morgan fingerprint density at radius 2 is 1.71 bits per heavy atom. The smallest absolute Gasteiger partial charge is 0.308 e. The molecular formula is C17H15BrN4OS. The fraction of sp³-hybridized carbons (Fsp3) is 0.118. The van der Waals surface area contributed by atoms with Crippen molar-refractivity contribution in [1.29, 1.82) is 0 Å². The molecule has 3 rings (SSSR count). The van der Waals surface area contributed by atoms with Gasteiger partial charge in [-0.1, -0.05) is 57.6 Å². The summed E-state index contributed by atoms with van der Waals surface area (Å²) >= 11 is 4.75. The maximum atomic E-state index is 12.0. The van der Waals surface area contributed by atoms with Gasteiger partial charge in [-0.3, -0.25) is 5.32 Å². The monoisotopic (exact) mass is 402 g/mol. The van der Waals surface area contributed by atoms with Gasteiger partial charge in [0.25, 0.3) is 0 Å². The molecule has 0 fully saturated rings. The SMILES string of the molecule is O=C(Nc1ccc(Br)cc1)Nc1nnc(CCc2ccccc2)s1. The highest BCUT2D eigenvalue weighted by Crippen LogP contribution is 2.18. The van der Waals surface area contributed by atoms with Crippen LogP contribution in [0.25, 0.3) is 0 Å². The molecule has 0 bridgehead atoms. The normalized spacial score (nSPS) is 10.4. The quantitative estimate of drug-likeness (QED) is 0.647. The largest absolute Gasteiger partial charge is 0.325 e. The third-order valence-corrected chi connectivity index (χ3v) is 4.69. The lowest BCUT2D eigenvalue weighted by Crippen LogP contribution is -2.19. The molecule has 2 N–H and O–H groups in total. The van der Waals surface area contributed by atoms with Gasteiger partial charge in [-0.2, -0.15) is 0 Å². The number of urea groups is 1. The second kappa shape index (κ2) is 8.03. The first kappa shape index (κ1) is 16.6. The van der Waals surface area contributed by atoms with Gasteiger partial charge in [-0.05, 0) is 36.2 Å². The molecule has 3 aromatic rings. The zero-order valence-electron chi connectivity index (χ0n) is 12.7. The minimum absolute atomic E-state index is 0.330. The standard InChI is InChI=1S/C17H15BrN4OS/c18-13-7-9-14(10-8-13)19-16(23)20-17-22-21-15(24-17)11-6-12-4-2-1-3-5-12/h1-5,7-10H,6,11H2,(H2,19,20,22,23). The van der Waals surface area contributed by atoms with Gasteiger partial charge in [0.2, 0.25) is 5.13 Å². The molecule has 0 atom stereocenters. The number of halogens is 1. The number of carbonyl (C=O) groups excluding carboxylic acids is 1. The van der Waals surface area contributed by atoms with Gasteiger partial charge in [0.1, 0.15) is 5.01 Å². The van der Waals surface area contributed by atoms with Gasteiger partial charge < -0.3 is 5.32 Å². The van der Waals surface area contributed by atoms with Crippen LogP contribution >= 0.6 is 27.3 Å². The Morgan fingerprint density at radius 3 is 2.46 bits per heavy atom. The highest BCUT2D eigenvalue weighted by molar-refractivity contribution is 9.10. The molecule has 0 spiro atoms. The number of hydrogen-bond donors (Lipinski definition) is 2. The molecule has 7 heteroatoms. The van der Waals surface area contributed by atoms with Crippen LogP contribution in [-0.4, -0.2) is 16.2 Å². The van der Waals surface area contributed by atoms with Crippen LogP contribution in [0.5, 0.6) is 0 Å². The van der Waals surface area contributed by atoms with E-state index in [2.05, 4.69) is 48.9 Å². The molecule has 122 valence electrons. The van der Waals surface area contributed by atoms with E-state index in [-0.39, 0.29) is 6.03 Å². The zero-order chi connectivity index (χ0) is 16.8. The van der Waals surface area contributed by atoms with Crippen LogP contribution < -0.4 is 10.6 Å². The number of nitrogens with one attached hydrogen (secondary N) is 2. The van der Waals surface area contributed by atoms with E-state index in [0.717, 1.165) is 22.3 Å². The van der Waals surface area contributed by atoms with E-state index in [0.29, 0.717) is 10.8 Å². The maximum absolute atomic E-state index is 12.0. The first-order valence-corrected chi connectivity index (χ1v) is 9.00. The molecule has 0 aliphatic rings. The van der Waals surface area contributed by atoms with Crippen LogP contribution in [0.1, 0.15) is 10.6 Å². The lowest BCUT2D eigenvalue weighted by molar-refractivity contribution is 0.262. The molecule has 2 aromatic carbocycles. The molecule has 0 aliphatic carbocycles. The molecule has 0 saturated heterocycles. The number of aryl methyl sites for hydroxylation is 2. The van der Waals surface area contributed by atoms with E-state index in [1.54, 1.807) is 0 Å². The van der Waals surface area contributed by atoms with E-state index in [1.165, 1.54) is 16.9 Å². The Hall–Kier alpha value is -2.25. The van der Waals surface area contributed by atoms with Crippen molar-refractivity contribution in [2.75, 3.05) is 10.6 Å². The molecule has 5 nitrogen and oxygen atoms in total. The fourth-order valence-corrected chi connectivity index (χ4v) is 3.09. The predicted molar refractivity (Wildman–Crippen MR) is 101 cm³/mol. The Morgan fingerprint density at radius 1 is 0.958 bits per heavy atom. The third-order valence-electron chi connectivity index (χ3n) is 3.26. The molecule has 0 radical (unpaired) electrons. The second-order valence-corrected chi connectivity index (χ2v) is 7.05. The lowest BCUT2D eigenvalue weighted by Gasteiger charge is -2.04. The van der Waals surface area contributed by atoms with Crippen molar-refractivity contribution < 1.29 is 4.79 Å². The number of amides is 2. The lowest BCUT2D eigenvalue weighted by atomic mass is 10.1. The molecular weight excluding hydrogens is 388 g/mol. The summed E-state index contributed by atoms with van der Waals surface area (Å²) in [6, 6.07) is 17.2. The summed E-state index contributed by atoms with van der Waals surface area (Å²) in [5.41, 5.74) is 1.97. The van der Waals surface area contributed by atoms with Crippen LogP contribution in [0.15, 0.2) is 59.1 Å². The first-order chi connectivity index (χ1) is 11.7. The number of carbonyl (C=O) groups is 1. The Kier molecular flexibility index (Phi) is 5.55. The number of nitrogens with zero attached hydrogens (tertiary/aromatic N) is 2. The summed E-state index contributed by atoms with van der Waals surface area (Å²) in [6.45, 7) is 0. The molecule has 0 aliphatic heterocycles. The van der Waals surface area contributed by atoms with Crippen molar-refractivity contribution >= 4 is 44.1 Å². The topological polar surface area (TPSA) is 66.9 Å². The molecule has 2 amide bonds. The highest BCUT2D eigenvalue weighted by Gasteiger charge is 2.08. The van der Waals surface area contributed by atoms with Crippen molar-refractivity contribution in [2.45, 2.75) is 12.8 Å². The van der Waals surface area contributed by atoms with Crippen LogP contribution in [0, 0.1) is 0 Å². The van der Waals surface area contributed by atoms with E-state index < -0.39 is 0 Å². The summed E-state index contributed by atoms with van der Waals surface area (Å²) in [5, 5.41) is 15.0. The van der Waals surface area contributed by atoms with E-state index in [9.17, 15) is 4.79 Å². The fourth-order valence-electron chi connectivity index (χ4n) is 2.09. The average Bonchev–Trinajstić information content (AvgIpc) is 3.03. The summed E-state index contributed by atoms with van der Waals surface area (Å²) in [5.74, 6) is 0. The van der Waals surface area contributed by atoms with Crippen molar-refractivity contribution in [3.63, 3.8) is 0 Å². The van der Waals surface area contributed by atoms with Crippen molar-refractivity contribution in [2.24, 2.45) is 0 Å². The molecule has 0 saturated carbocycles. The van der Waals surface area contributed by atoms with Crippen molar-refractivity contribution in [3.05, 3.63) is 69.6 Å². The maximum Gasteiger partial charge on any atom is 0.325 e. The van der Waals surface area contributed by atoms with E-state index >= 15 is 0 Å². The average molecular weight is 403 g/mol. The first-order valence-electron chi connectivity index (χ1n) is 7.39. The Bertz CT molecular complexity index is 805. The van der Waals surface area contributed by atoms with Crippen LogP contribution in [0.2, 0.25) is 0 Å². The molecule has 24 heavy (non-hydrogen) atoms. The predicted octanol–water partition coefficient (Wildman–Crippen LogP) is 4.73. The zero-order valence-corrected chi connectivity index (χ0v) is 15.1. The van der Waals surface area contributed by atoms with Crippen molar-refractivity contribution in [1.82, 2.24) is 10.2 Å². The third kappa shape index (κ3) is 4.87. The van der Waals surface area contributed by atoms with Gasteiger partial charge in [-0.25, -0.2) is 4.79 Å². The number of rotatable bonds is 5. The van der Waals surface area contributed by atoms with Crippen LogP contribution in [0.4, 0.5) is 15.6 Å². The summed E-state index contributed by atoms with van der Waals surface area (Å²) in [7, 11) is 0. The van der Waals surface area contributed by atoms with Gasteiger partial charge in [-0.15, -0.1) is 10.2 Å². The van der Waals surface area contributed by atoms with Gasteiger partial charge in [0, 0.05) is 16.6 Å². The molecule has 1 aromatic heterocycles. The van der Waals surface area contributed by atoms with Crippen LogP contribution in [0.3, 0.4) is 0 Å². The number of benzene rings is 2. The summed E-state index contributed by atoms with van der Waals surface area (Å²) in [4.78, 5) is 12.0. The van der Waals surface area contributed by atoms with Gasteiger partial charge in [0.15, 0.2) is 0 Å². The molecule has 0 unspecified atom stereocenters. The Labute approximate surface area is 152 Å². The minimum Gasteiger partial charge on any atom is -0.308 e. The number of anilines is 2. The van der Waals surface area contributed by atoms with Crippen LogP contribution in [-0.2, 0) is 12.8 Å². The van der Waals surface area contributed by atoms with Gasteiger partial charge >= 0.3 is 6.03 Å². The minimum atomic E-state index is -0.330. The van der Waals surface area contributed by atoms with E-state index in [1.807, 2.05) is 42.5 Å². The molecule has 1 heterocycles. The van der Waals surface area contributed by atoms with Gasteiger partial charge in [0.05, 0.1) is 0 Å². The van der Waals surface area contributed by atoms with Crippen molar-refractivity contribution in [3.8, 4) is 0 Å². The summed E-state index contributed by atoms with van der Waals surface area (Å²) < 4.78 is 0.959. The number of aromatic nitrogens is 2. The highest BCUT2D eigenvalue weighted by atomic mass is 79.9. The Balaban J connectivity index is 1.51. The second-order valence-electron chi connectivity index (χ2n) is 5.07.